The number of fused-ring (bicyclic) bond motifs is 1. The van der Waals surface area contributed by atoms with Gasteiger partial charge in [0.25, 0.3) is 0 Å². The Hall–Kier alpha value is -0.500. The van der Waals surface area contributed by atoms with Crippen LogP contribution in [0.25, 0.3) is 0 Å². The minimum Gasteiger partial charge on any atom is -0.368 e. The van der Waals surface area contributed by atoms with Gasteiger partial charge in [-0.05, 0) is 27.7 Å². The number of rotatable bonds is 4. The molecule has 0 aliphatic carbocycles. The minimum absolute atomic E-state index is 0.198. The fraction of sp³-hybridized carbons (Fsp3) is 0.867. The first-order valence-electron chi connectivity index (χ1n) is 7.37. The van der Waals surface area contributed by atoms with Crippen molar-refractivity contribution < 1.29 is 28.4 Å². The molecule has 21 heavy (non-hydrogen) atoms. The molecular formula is C15H24O6. The number of hydrogen-bond donors (Lipinski definition) is 0. The Bertz CT molecular complexity index is 407. The van der Waals surface area contributed by atoms with Crippen LogP contribution in [0.2, 0.25) is 0 Å². The van der Waals surface area contributed by atoms with E-state index in [4.69, 9.17) is 28.4 Å². The van der Waals surface area contributed by atoms with Crippen LogP contribution in [0.4, 0.5) is 0 Å². The molecule has 5 atom stereocenters. The summed E-state index contributed by atoms with van der Waals surface area (Å²) in [5.74, 6) is -1.27. The van der Waals surface area contributed by atoms with Gasteiger partial charge in [0.2, 0.25) is 0 Å². The van der Waals surface area contributed by atoms with Crippen molar-refractivity contribution in [2.24, 2.45) is 0 Å². The Labute approximate surface area is 125 Å². The summed E-state index contributed by atoms with van der Waals surface area (Å²) >= 11 is 0. The molecule has 0 aromatic heterocycles. The van der Waals surface area contributed by atoms with Crippen LogP contribution in [-0.4, -0.2) is 55.5 Å². The van der Waals surface area contributed by atoms with Gasteiger partial charge < -0.3 is 28.4 Å². The zero-order valence-electron chi connectivity index (χ0n) is 13.0. The third-order valence-corrected chi connectivity index (χ3v) is 3.83. The lowest BCUT2D eigenvalue weighted by Crippen LogP contribution is -2.44. The molecule has 120 valence electrons. The molecule has 0 aromatic carbocycles. The van der Waals surface area contributed by atoms with Crippen molar-refractivity contribution in [1.29, 1.82) is 0 Å². The average Bonchev–Trinajstić information content (AvgIpc) is 2.96. The average molecular weight is 300 g/mol. The molecule has 0 aromatic rings. The molecule has 0 radical (unpaired) electrons. The first-order chi connectivity index (χ1) is 9.81. The number of hydrogen-bond acceptors (Lipinski definition) is 6. The molecule has 0 spiro atoms. The van der Waals surface area contributed by atoms with E-state index in [0.717, 1.165) is 0 Å². The summed E-state index contributed by atoms with van der Waals surface area (Å²) in [6, 6.07) is 0. The van der Waals surface area contributed by atoms with Crippen LogP contribution >= 0.6 is 0 Å². The van der Waals surface area contributed by atoms with Gasteiger partial charge in [-0.25, -0.2) is 0 Å². The van der Waals surface area contributed by atoms with Gasteiger partial charge in [0.05, 0.1) is 13.2 Å². The van der Waals surface area contributed by atoms with Gasteiger partial charge in [-0.15, -0.1) is 6.58 Å². The Morgan fingerprint density at radius 2 is 1.86 bits per heavy atom. The maximum Gasteiger partial charge on any atom is 0.190 e. The van der Waals surface area contributed by atoms with E-state index in [1.807, 2.05) is 27.7 Å². The maximum absolute atomic E-state index is 6.00. The third-order valence-electron chi connectivity index (χ3n) is 3.83. The molecule has 6 heteroatoms. The van der Waals surface area contributed by atoms with Crippen LogP contribution in [0.5, 0.6) is 0 Å². The Kier molecular flexibility index (Phi) is 3.88. The highest BCUT2D eigenvalue weighted by Gasteiger charge is 2.58. The molecule has 3 saturated heterocycles. The molecule has 6 nitrogen and oxygen atoms in total. The predicted molar refractivity (Wildman–Crippen MR) is 73.5 cm³/mol. The van der Waals surface area contributed by atoms with Crippen molar-refractivity contribution in [2.45, 2.75) is 70.0 Å². The van der Waals surface area contributed by atoms with Gasteiger partial charge in [-0.1, -0.05) is 6.08 Å². The predicted octanol–water partition coefficient (Wildman–Crippen LogP) is 1.59. The van der Waals surface area contributed by atoms with E-state index >= 15 is 0 Å². The fourth-order valence-corrected chi connectivity index (χ4v) is 3.05. The van der Waals surface area contributed by atoms with Crippen LogP contribution in [0.1, 0.15) is 27.7 Å². The molecule has 3 aliphatic rings. The van der Waals surface area contributed by atoms with Gasteiger partial charge in [0, 0.05) is 0 Å². The minimum atomic E-state index is -0.664. The van der Waals surface area contributed by atoms with Crippen molar-refractivity contribution >= 4 is 0 Å². The van der Waals surface area contributed by atoms with Crippen molar-refractivity contribution in [3.63, 3.8) is 0 Å². The first kappa shape index (κ1) is 15.4. The largest absolute Gasteiger partial charge is 0.368 e. The highest BCUT2D eigenvalue weighted by Crippen LogP contribution is 2.41. The molecular weight excluding hydrogens is 276 g/mol. The van der Waals surface area contributed by atoms with Crippen LogP contribution in [-0.2, 0) is 28.4 Å². The van der Waals surface area contributed by atoms with E-state index in [2.05, 4.69) is 6.58 Å². The van der Waals surface area contributed by atoms with Crippen LogP contribution in [0.15, 0.2) is 12.7 Å². The van der Waals surface area contributed by atoms with Gasteiger partial charge in [0.1, 0.15) is 24.4 Å². The fourth-order valence-electron chi connectivity index (χ4n) is 3.05. The molecule has 0 bridgehead atoms. The summed E-state index contributed by atoms with van der Waals surface area (Å²) in [6.45, 7) is 12.1. The summed E-state index contributed by atoms with van der Waals surface area (Å²) in [7, 11) is 0. The molecule has 0 amide bonds. The molecule has 3 fully saturated rings. The van der Waals surface area contributed by atoms with E-state index < -0.39 is 17.9 Å². The third kappa shape index (κ3) is 3.02. The van der Waals surface area contributed by atoms with E-state index in [9.17, 15) is 0 Å². The van der Waals surface area contributed by atoms with Crippen molar-refractivity contribution in [3.8, 4) is 0 Å². The zero-order chi connectivity index (χ0) is 15.3. The van der Waals surface area contributed by atoms with Crippen LogP contribution in [0, 0.1) is 0 Å². The molecule has 3 heterocycles. The smallest absolute Gasteiger partial charge is 0.190 e. The normalized spacial score (nSPS) is 43.9. The van der Waals surface area contributed by atoms with Crippen molar-refractivity contribution in [2.75, 3.05) is 13.2 Å². The zero-order valence-corrected chi connectivity index (χ0v) is 13.0. The summed E-state index contributed by atoms with van der Waals surface area (Å²) in [5, 5.41) is 0. The lowest BCUT2D eigenvalue weighted by molar-refractivity contribution is -0.235. The summed E-state index contributed by atoms with van der Waals surface area (Å²) in [5.41, 5.74) is 0. The van der Waals surface area contributed by atoms with Crippen molar-refractivity contribution in [1.82, 2.24) is 0 Å². The quantitative estimate of drug-likeness (QED) is 0.735. The molecule has 5 unspecified atom stereocenters. The monoisotopic (exact) mass is 300 g/mol. The Morgan fingerprint density at radius 1 is 1.10 bits per heavy atom. The number of ether oxygens (including phenoxy) is 6. The first-order valence-corrected chi connectivity index (χ1v) is 7.37. The second kappa shape index (κ2) is 5.30. The van der Waals surface area contributed by atoms with E-state index in [1.54, 1.807) is 6.08 Å². The molecule has 0 saturated carbocycles. The maximum atomic E-state index is 6.00. The van der Waals surface area contributed by atoms with E-state index in [1.165, 1.54) is 0 Å². The van der Waals surface area contributed by atoms with Gasteiger partial charge in [-0.2, -0.15) is 0 Å². The second-order valence-corrected chi connectivity index (χ2v) is 6.52. The van der Waals surface area contributed by atoms with Crippen molar-refractivity contribution in [3.05, 3.63) is 12.7 Å². The molecule has 3 rings (SSSR count). The lowest BCUT2D eigenvalue weighted by Gasteiger charge is -2.28. The van der Waals surface area contributed by atoms with Crippen LogP contribution in [0.3, 0.4) is 0 Å². The standard InChI is InChI=1S/C15H24O6/c1-6-7-16-11-10(9-8-17-14(2,3)19-9)18-13-12(11)20-15(4,5)21-13/h6,9-13H,1,7-8H2,2-5H3. The molecule has 3 aliphatic heterocycles. The van der Waals surface area contributed by atoms with Crippen LogP contribution < -0.4 is 0 Å². The highest BCUT2D eigenvalue weighted by molar-refractivity contribution is 4.99. The van der Waals surface area contributed by atoms with E-state index in [0.29, 0.717) is 13.2 Å². The second-order valence-electron chi connectivity index (χ2n) is 6.52. The topological polar surface area (TPSA) is 55.4 Å². The van der Waals surface area contributed by atoms with Gasteiger partial charge >= 0.3 is 0 Å². The highest BCUT2D eigenvalue weighted by atomic mass is 16.8. The SMILES string of the molecule is C=CCOC1C(C2COC(C)(C)O2)OC2OC(C)(C)OC21. The molecule has 0 N–H and O–H groups in total. The van der Waals surface area contributed by atoms with Gasteiger partial charge in [-0.3, -0.25) is 0 Å². The summed E-state index contributed by atoms with van der Waals surface area (Å²) in [4.78, 5) is 0. The Morgan fingerprint density at radius 3 is 2.48 bits per heavy atom. The summed E-state index contributed by atoms with van der Waals surface area (Å²) < 4.78 is 35.1. The lowest BCUT2D eigenvalue weighted by atomic mass is 10.1. The van der Waals surface area contributed by atoms with Gasteiger partial charge in [0.15, 0.2) is 17.9 Å². The summed E-state index contributed by atoms with van der Waals surface area (Å²) in [6.07, 6.45) is 0.261. The van der Waals surface area contributed by atoms with E-state index in [-0.39, 0.29) is 24.4 Å². The Balaban J connectivity index is 1.73.